The minimum atomic E-state index is -1.13. The highest BCUT2D eigenvalue weighted by atomic mass is 19.2. The van der Waals surface area contributed by atoms with Gasteiger partial charge in [-0.25, -0.2) is 8.78 Å². The van der Waals surface area contributed by atoms with Gasteiger partial charge >= 0.3 is 0 Å². The maximum atomic E-state index is 13.0. The molecular weight excluding hydrogens is 242 g/mol. The number of nitrogens with two attached hydrogens (primary N) is 1. The van der Waals surface area contributed by atoms with E-state index in [4.69, 9.17) is 10.8 Å². The molecule has 0 aliphatic rings. The van der Waals surface area contributed by atoms with Gasteiger partial charge in [0.15, 0.2) is 11.6 Å². The van der Waals surface area contributed by atoms with Gasteiger partial charge in [-0.1, -0.05) is 6.92 Å². The van der Waals surface area contributed by atoms with Gasteiger partial charge in [0, 0.05) is 24.4 Å². The Morgan fingerprint density at radius 3 is 2.50 bits per heavy atom. The highest BCUT2D eigenvalue weighted by molar-refractivity contribution is 5.99. The molecule has 0 aromatic heterocycles. The fraction of sp³-hybridized carbons (Fsp3) is 0.417. The van der Waals surface area contributed by atoms with Crippen molar-refractivity contribution in [1.29, 1.82) is 0 Å². The van der Waals surface area contributed by atoms with E-state index in [1.807, 2.05) is 0 Å². The van der Waals surface area contributed by atoms with Crippen LogP contribution >= 0.6 is 0 Å². The minimum absolute atomic E-state index is 0.0886. The van der Waals surface area contributed by atoms with Crippen LogP contribution in [0.25, 0.3) is 0 Å². The molecule has 0 radical (unpaired) electrons. The number of halogens is 2. The fourth-order valence-corrected chi connectivity index (χ4v) is 1.34. The number of anilines is 1. The Morgan fingerprint density at radius 1 is 1.39 bits per heavy atom. The van der Waals surface area contributed by atoms with Crippen molar-refractivity contribution in [3.63, 3.8) is 0 Å². The summed E-state index contributed by atoms with van der Waals surface area (Å²) in [5.74, 6) is -2.97. The summed E-state index contributed by atoms with van der Waals surface area (Å²) in [5.41, 5.74) is 5.21. The SMILES string of the molecule is CC(CO)C(C)NC(=O)c1cc(F)c(F)cc1N. The second-order valence-electron chi connectivity index (χ2n) is 4.28. The third-order valence-electron chi connectivity index (χ3n) is 2.84. The molecule has 1 aromatic rings. The number of nitrogens with one attached hydrogen (secondary N) is 1. The zero-order valence-electron chi connectivity index (χ0n) is 10.2. The molecule has 2 unspecified atom stereocenters. The van der Waals surface area contributed by atoms with Gasteiger partial charge in [0.05, 0.1) is 5.56 Å². The number of aliphatic hydroxyl groups excluding tert-OH is 1. The Hall–Kier alpha value is -1.69. The molecule has 0 bridgehead atoms. The number of rotatable bonds is 4. The highest BCUT2D eigenvalue weighted by Crippen LogP contribution is 2.17. The molecule has 0 saturated carbocycles. The topological polar surface area (TPSA) is 75.3 Å². The maximum absolute atomic E-state index is 13.0. The third kappa shape index (κ3) is 3.16. The van der Waals surface area contributed by atoms with Crippen molar-refractivity contribution in [3.8, 4) is 0 Å². The molecule has 0 heterocycles. The number of hydrogen-bond donors (Lipinski definition) is 3. The van der Waals surface area contributed by atoms with E-state index in [-0.39, 0.29) is 29.8 Å². The van der Waals surface area contributed by atoms with E-state index in [9.17, 15) is 13.6 Å². The van der Waals surface area contributed by atoms with Crippen LogP contribution in [0.1, 0.15) is 24.2 Å². The molecule has 6 heteroatoms. The Bertz CT molecular complexity index is 452. The first-order valence-corrected chi connectivity index (χ1v) is 5.53. The predicted octanol–water partition coefficient (Wildman–Crippen LogP) is 1.29. The highest BCUT2D eigenvalue weighted by Gasteiger charge is 2.18. The van der Waals surface area contributed by atoms with Gasteiger partial charge in [0.2, 0.25) is 0 Å². The van der Waals surface area contributed by atoms with E-state index in [2.05, 4.69) is 5.32 Å². The van der Waals surface area contributed by atoms with Crippen LogP contribution in [-0.2, 0) is 0 Å². The first kappa shape index (κ1) is 14.4. The molecule has 100 valence electrons. The number of amides is 1. The van der Waals surface area contributed by atoms with Gasteiger partial charge in [0.1, 0.15) is 0 Å². The van der Waals surface area contributed by atoms with Gasteiger partial charge in [-0.15, -0.1) is 0 Å². The Kier molecular flexibility index (Phi) is 4.61. The number of carbonyl (C=O) groups excluding carboxylic acids is 1. The first-order chi connectivity index (χ1) is 8.36. The molecule has 0 saturated heterocycles. The second kappa shape index (κ2) is 5.77. The minimum Gasteiger partial charge on any atom is -0.398 e. The molecule has 2 atom stereocenters. The number of aliphatic hydroxyl groups is 1. The number of hydrogen-bond acceptors (Lipinski definition) is 3. The van der Waals surface area contributed by atoms with Crippen LogP contribution in [0.15, 0.2) is 12.1 Å². The van der Waals surface area contributed by atoms with Crippen LogP contribution in [0, 0.1) is 17.6 Å². The number of benzene rings is 1. The summed E-state index contributed by atoms with van der Waals surface area (Å²) in [6, 6.07) is 1.22. The van der Waals surface area contributed by atoms with E-state index in [0.717, 1.165) is 12.1 Å². The summed E-state index contributed by atoms with van der Waals surface area (Å²) in [6.07, 6.45) is 0. The zero-order valence-corrected chi connectivity index (χ0v) is 10.2. The molecule has 1 amide bonds. The van der Waals surface area contributed by atoms with Crippen molar-refractivity contribution in [2.24, 2.45) is 5.92 Å². The summed E-state index contributed by atoms with van der Waals surface area (Å²) in [4.78, 5) is 11.8. The van der Waals surface area contributed by atoms with Crippen molar-refractivity contribution < 1.29 is 18.7 Å². The molecule has 1 aromatic carbocycles. The first-order valence-electron chi connectivity index (χ1n) is 5.53. The molecule has 0 aliphatic heterocycles. The lowest BCUT2D eigenvalue weighted by Crippen LogP contribution is -2.38. The summed E-state index contributed by atoms with van der Waals surface area (Å²) in [6.45, 7) is 3.36. The summed E-state index contributed by atoms with van der Waals surface area (Å²) < 4.78 is 25.9. The van der Waals surface area contributed by atoms with Crippen molar-refractivity contribution in [1.82, 2.24) is 5.32 Å². The van der Waals surface area contributed by atoms with Gasteiger partial charge < -0.3 is 16.2 Å². The lowest BCUT2D eigenvalue weighted by Gasteiger charge is -2.19. The van der Waals surface area contributed by atoms with Crippen molar-refractivity contribution in [3.05, 3.63) is 29.3 Å². The van der Waals surface area contributed by atoms with E-state index >= 15 is 0 Å². The van der Waals surface area contributed by atoms with Crippen LogP contribution in [0.2, 0.25) is 0 Å². The second-order valence-corrected chi connectivity index (χ2v) is 4.28. The molecule has 1 rings (SSSR count). The molecule has 0 aliphatic carbocycles. The number of carbonyl (C=O) groups is 1. The molecular formula is C12H16F2N2O2. The molecule has 4 nitrogen and oxygen atoms in total. The van der Waals surface area contributed by atoms with Gasteiger partial charge in [-0.3, -0.25) is 4.79 Å². The normalized spacial score (nSPS) is 14.1. The standard InChI is InChI=1S/C12H16F2N2O2/c1-6(5-17)7(2)16-12(18)8-3-9(13)10(14)4-11(8)15/h3-4,6-7,17H,5,15H2,1-2H3,(H,16,18). The third-order valence-corrected chi connectivity index (χ3v) is 2.84. The average Bonchev–Trinajstić information content (AvgIpc) is 2.32. The van der Waals surface area contributed by atoms with Crippen LogP contribution in [-0.4, -0.2) is 23.7 Å². The van der Waals surface area contributed by atoms with E-state index < -0.39 is 17.5 Å². The summed E-state index contributed by atoms with van der Waals surface area (Å²) >= 11 is 0. The average molecular weight is 258 g/mol. The number of nitrogen functional groups attached to an aromatic ring is 1. The Balaban J connectivity index is 2.88. The Labute approximate surface area is 104 Å². The van der Waals surface area contributed by atoms with Crippen LogP contribution < -0.4 is 11.1 Å². The van der Waals surface area contributed by atoms with E-state index in [1.165, 1.54) is 0 Å². The summed E-state index contributed by atoms with van der Waals surface area (Å²) in [7, 11) is 0. The van der Waals surface area contributed by atoms with Crippen molar-refractivity contribution >= 4 is 11.6 Å². The molecule has 0 spiro atoms. The van der Waals surface area contributed by atoms with E-state index in [0.29, 0.717) is 0 Å². The van der Waals surface area contributed by atoms with Crippen LogP contribution in [0.3, 0.4) is 0 Å². The predicted molar refractivity (Wildman–Crippen MR) is 63.9 cm³/mol. The van der Waals surface area contributed by atoms with Gasteiger partial charge in [-0.05, 0) is 18.9 Å². The van der Waals surface area contributed by atoms with E-state index in [1.54, 1.807) is 13.8 Å². The molecule has 4 N–H and O–H groups in total. The maximum Gasteiger partial charge on any atom is 0.253 e. The molecule has 18 heavy (non-hydrogen) atoms. The van der Waals surface area contributed by atoms with Crippen molar-refractivity contribution in [2.75, 3.05) is 12.3 Å². The monoisotopic (exact) mass is 258 g/mol. The largest absolute Gasteiger partial charge is 0.398 e. The Morgan fingerprint density at radius 2 is 1.94 bits per heavy atom. The quantitative estimate of drug-likeness (QED) is 0.712. The zero-order chi connectivity index (χ0) is 13.9. The lowest BCUT2D eigenvalue weighted by atomic mass is 10.0. The van der Waals surface area contributed by atoms with Crippen LogP contribution in [0.4, 0.5) is 14.5 Å². The van der Waals surface area contributed by atoms with Gasteiger partial charge in [-0.2, -0.15) is 0 Å². The smallest absolute Gasteiger partial charge is 0.253 e. The van der Waals surface area contributed by atoms with Crippen LogP contribution in [0.5, 0.6) is 0 Å². The van der Waals surface area contributed by atoms with Crippen molar-refractivity contribution in [2.45, 2.75) is 19.9 Å². The molecule has 0 fully saturated rings. The van der Waals surface area contributed by atoms with Gasteiger partial charge in [0.25, 0.3) is 5.91 Å². The fourth-order valence-electron chi connectivity index (χ4n) is 1.34. The summed E-state index contributed by atoms with van der Waals surface area (Å²) in [5, 5.41) is 11.5. The lowest BCUT2D eigenvalue weighted by molar-refractivity contribution is 0.0916.